The Hall–Kier alpha value is -1.30. The molecule has 0 radical (unpaired) electrons. The number of unbranched alkanes of at least 4 members (excludes halogenated alkanes) is 1. The van der Waals surface area contributed by atoms with Gasteiger partial charge in [-0.25, -0.2) is 0 Å². The van der Waals surface area contributed by atoms with E-state index in [-0.39, 0.29) is 0 Å². The molecule has 33 heavy (non-hydrogen) atoms. The second-order valence-corrected chi connectivity index (χ2v) is 10.8. The lowest BCUT2D eigenvalue weighted by atomic mass is 9.84. The number of hydrogen-bond acceptors (Lipinski definition) is 5. The Balaban J connectivity index is 1.77. The molecule has 0 aromatic heterocycles. The maximum absolute atomic E-state index is 5.94. The lowest BCUT2D eigenvalue weighted by molar-refractivity contribution is -0.00719. The van der Waals surface area contributed by atoms with E-state index in [0.29, 0.717) is 18.1 Å². The predicted octanol–water partition coefficient (Wildman–Crippen LogP) is 7.49. The van der Waals surface area contributed by atoms with Gasteiger partial charge in [0.25, 0.3) is 0 Å². The summed E-state index contributed by atoms with van der Waals surface area (Å²) < 4.78 is 9.40. The lowest BCUT2D eigenvalue weighted by Crippen LogP contribution is -2.53. The molecule has 1 saturated heterocycles. The SMILES string of the molecule is CCCCC(=N/C=C(\C)c1ccc(N2CC(OC(C)C)C2)cc1SNCC)C1CCCCC1. The second-order valence-electron chi connectivity index (χ2n) is 9.86. The molecule has 2 aliphatic rings. The van der Waals surface area contributed by atoms with Crippen LogP contribution in [0.15, 0.2) is 34.3 Å². The minimum absolute atomic E-state index is 0.295. The zero-order valence-electron chi connectivity index (χ0n) is 21.5. The summed E-state index contributed by atoms with van der Waals surface area (Å²) in [7, 11) is 0. The van der Waals surface area contributed by atoms with Crippen LogP contribution in [0, 0.1) is 5.92 Å². The lowest BCUT2D eigenvalue weighted by Gasteiger charge is -2.41. The zero-order chi connectivity index (χ0) is 23.6. The molecule has 1 aliphatic carbocycles. The number of hydrogen-bond donors (Lipinski definition) is 1. The van der Waals surface area contributed by atoms with Crippen molar-refractivity contribution in [2.45, 2.75) is 103 Å². The number of benzene rings is 1. The van der Waals surface area contributed by atoms with Crippen LogP contribution < -0.4 is 9.62 Å². The van der Waals surface area contributed by atoms with Crippen LogP contribution in [-0.4, -0.2) is 37.6 Å². The molecule has 2 fully saturated rings. The molecule has 1 aliphatic heterocycles. The van der Waals surface area contributed by atoms with Crippen LogP contribution in [0.4, 0.5) is 5.69 Å². The molecule has 1 heterocycles. The van der Waals surface area contributed by atoms with E-state index in [1.807, 2.05) is 0 Å². The molecule has 184 valence electrons. The summed E-state index contributed by atoms with van der Waals surface area (Å²) in [5.41, 5.74) is 5.24. The van der Waals surface area contributed by atoms with Gasteiger partial charge >= 0.3 is 0 Å². The Labute approximate surface area is 206 Å². The summed E-state index contributed by atoms with van der Waals surface area (Å²) in [5, 5.41) is 0. The third-order valence-corrected chi connectivity index (χ3v) is 7.67. The first-order valence-electron chi connectivity index (χ1n) is 13.2. The maximum Gasteiger partial charge on any atom is 0.0927 e. The fourth-order valence-electron chi connectivity index (χ4n) is 4.80. The number of allylic oxidation sites excluding steroid dienone is 1. The highest BCUT2D eigenvalue weighted by molar-refractivity contribution is 7.97. The van der Waals surface area contributed by atoms with Gasteiger partial charge in [0.15, 0.2) is 0 Å². The summed E-state index contributed by atoms with van der Waals surface area (Å²) in [6.07, 6.45) is 13.2. The van der Waals surface area contributed by atoms with Gasteiger partial charge in [-0.15, -0.1) is 0 Å². The normalized spacial score (nSPS) is 18.8. The first-order chi connectivity index (χ1) is 16.0. The van der Waals surface area contributed by atoms with Crippen LogP contribution in [-0.2, 0) is 4.74 Å². The average Bonchev–Trinajstić information content (AvgIpc) is 2.80. The van der Waals surface area contributed by atoms with Crippen LogP contribution in [0.5, 0.6) is 0 Å². The van der Waals surface area contributed by atoms with E-state index in [2.05, 4.69) is 68.6 Å². The molecule has 1 N–H and O–H groups in total. The van der Waals surface area contributed by atoms with Crippen LogP contribution in [0.3, 0.4) is 0 Å². The molecule has 0 amide bonds. The predicted molar refractivity (Wildman–Crippen MR) is 145 cm³/mol. The van der Waals surface area contributed by atoms with E-state index in [9.17, 15) is 0 Å². The fraction of sp³-hybridized carbons (Fsp3) is 0.679. The Kier molecular flexibility index (Phi) is 10.8. The third kappa shape index (κ3) is 7.87. The van der Waals surface area contributed by atoms with Gasteiger partial charge in [-0.3, -0.25) is 9.71 Å². The van der Waals surface area contributed by atoms with Gasteiger partial charge in [0.05, 0.1) is 12.2 Å². The van der Waals surface area contributed by atoms with Gasteiger partial charge in [0.2, 0.25) is 0 Å². The topological polar surface area (TPSA) is 36.9 Å². The summed E-state index contributed by atoms with van der Waals surface area (Å²) in [4.78, 5) is 8.79. The number of anilines is 1. The number of aliphatic imine (C=N–C) groups is 1. The number of rotatable bonds is 12. The van der Waals surface area contributed by atoms with Crippen molar-refractivity contribution in [1.82, 2.24) is 4.72 Å². The molecule has 1 aromatic rings. The Morgan fingerprint density at radius 1 is 1.21 bits per heavy atom. The Morgan fingerprint density at radius 2 is 1.97 bits per heavy atom. The van der Waals surface area contributed by atoms with E-state index in [0.717, 1.165) is 26.1 Å². The van der Waals surface area contributed by atoms with E-state index < -0.39 is 0 Å². The summed E-state index contributed by atoms with van der Waals surface area (Å²) in [6, 6.07) is 6.87. The monoisotopic (exact) mass is 471 g/mol. The molecular weight excluding hydrogens is 426 g/mol. The van der Waals surface area contributed by atoms with E-state index in [1.165, 1.54) is 72.4 Å². The summed E-state index contributed by atoms with van der Waals surface area (Å²) >= 11 is 1.73. The van der Waals surface area contributed by atoms with Gasteiger partial charge in [-0.2, -0.15) is 0 Å². The van der Waals surface area contributed by atoms with Crippen molar-refractivity contribution in [2.24, 2.45) is 10.9 Å². The summed E-state index contributed by atoms with van der Waals surface area (Å²) in [5.74, 6) is 0.694. The molecule has 3 rings (SSSR count). The van der Waals surface area contributed by atoms with Crippen molar-refractivity contribution in [3.63, 3.8) is 0 Å². The molecule has 0 bridgehead atoms. The van der Waals surface area contributed by atoms with Crippen LogP contribution in [0.25, 0.3) is 5.57 Å². The van der Waals surface area contributed by atoms with Crippen molar-refractivity contribution in [2.75, 3.05) is 24.5 Å². The highest BCUT2D eigenvalue weighted by atomic mass is 32.2. The zero-order valence-corrected chi connectivity index (χ0v) is 22.3. The fourth-order valence-corrected chi connectivity index (χ4v) is 5.62. The first-order valence-corrected chi connectivity index (χ1v) is 14.0. The van der Waals surface area contributed by atoms with Crippen LogP contribution in [0.2, 0.25) is 0 Å². The Morgan fingerprint density at radius 3 is 2.64 bits per heavy atom. The first kappa shape index (κ1) is 26.3. The maximum atomic E-state index is 5.94. The van der Waals surface area contributed by atoms with Crippen molar-refractivity contribution < 1.29 is 4.74 Å². The molecular formula is C28H45N3OS. The van der Waals surface area contributed by atoms with Crippen molar-refractivity contribution in [3.8, 4) is 0 Å². The van der Waals surface area contributed by atoms with Crippen LogP contribution in [0.1, 0.15) is 91.5 Å². The molecule has 5 heteroatoms. The second kappa shape index (κ2) is 13.6. The quantitative estimate of drug-likeness (QED) is 0.253. The van der Waals surface area contributed by atoms with Gasteiger partial charge in [-0.1, -0.05) is 45.6 Å². The van der Waals surface area contributed by atoms with Crippen molar-refractivity contribution in [1.29, 1.82) is 0 Å². The van der Waals surface area contributed by atoms with Crippen LogP contribution >= 0.6 is 11.9 Å². The van der Waals surface area contributed by atoms with Gasteiger partial charge < -0.3 is 9.64 Å². The molecule has 0 atom stereocenters. The van der Waals surface area contributed by atoms with E-state index >= 15 is 0 Å². The average molecular weight is 472 g/mol. The molecule has 1 saturated carbocycles. The molecule has 0 spiro atoms. The molecule has 1 aromatic carbocycles. The highest BCUT2D eigenvalue weighted by Gasteiger charge is 2.28. The number of nitrogens with zero attached hydrogens (tertiary/aromatic N) is 2. The summed E-state index contributed by atoms with van der Waals surface area (Å²) in [6.45, 7) is 13.8. The van der Waals surface area contributed by atoms with Crippen molar-refractivity contribution >= 4 is 28.9 Å². The largest absolute Gasteiger partial charge is 0.372 e. The van der Waals surface area contributed by atoms with E-state index in [1.54, 1.807) is 11.9 Å². The number of nitrogens with one attached hydrogen (secondary N) is 1. The minimum Gasteiger partial charge on any atom is -0.372 e. The Bertz CT molecular complexity index is 792. The van der Waals surface area contributed by atoms with E-state index in [4.69, 9.17) is 9.73 Å². The molecule has 0 unspecified atom stereocenters. The standard InChI is InChI=1S/C28H45N3OS/c1-6-8-14-27(23-12-10-9-11-13-23)29-18-22(5)26-16-15-24(17-28(26)33-30-7-2)31-19-25(20-31)32-21(3)4/h15-18,21,23,25,30H,6-14,19-20H2,1-5H3/b22-18+,29-27?. The van der Waals surface area contributed by atoms with Crippen molar-refractivity contribution in [3.05, 3.63) is 30.0 Å². The third-order valence-electron chi connectivity index (χ3n) is 6.68. The van der Waals surface area contributed by atoms with Gasteiger partial charge in [0, 0.05) is 42.1 Å². The number of ether oxygens (including phenoxy) is 1. The smallest absolute Gasteiger partial charge is 0.0927 e. The van der Waals surface area contributed by atoms with Gasteiger partial charge in [0.1, 0.15) is 0 Å². The minimum atomic E-state index is 0.295. The van der Waals surface area contributed by atoms with Gasteiger partial charge in [-0.05, 0) is 87.6 Å². The molecule has 4 nitrogen and oxygen atoms in total. The highest BCUT2D eigenvalue weighted by Crippen LogP contribution is 2.33.